The van der Waals surface area contributed by atoms with Gasteiger partial charge in [-0.05, 0) is 26.2 Å². The Kier molecular flexibility index (Phi) is 10.9. The largest absolute Gasteiger partial charge is 0.480 e. The SMILES string of the molecule is CC(C)CC(NC(=O)C(N)Cc1cnc[nH]1)C(=O)NC(C(=O)NC(C(=O)O)C(C)O)C(C)O. The lowest BCUT2D eigenvalue weighted by molar-refractivity contribution is -0.146. The molecule has 1 heterocycles. The van der Waals surface area contributed by atoms with Crippen LogP contribution in [0, 0.1) is 5.92 Å². The minimum absolute atomic E-state index is 0.0182. The van der Waals surface area contributed by atoms with E-state index in [1.54, 1.807) is 0 Å². The molecule has 0 bridgehead atoms. The predicted molar refractivity (Wildman–Crippen MR) is 117 cm³/mol. The van der Waals surface area contributed by atoms with Crippen LogP contribution in [-0.4, -0.2) is 85.4 Å². The Balaban J connectivity index is 2.91. The maximum Gasteiger partial charge on any atom is 0.328 e. The summed E-state index contributed by atoms with van der Waals surface area (Å²) in [7, 11) is 0. The molecule has 9 N–H and O–H groups in total. The Bertz CT molecular complexity index is 797. The number of amides is 3. The van der Waals surface area contributed by atoms with E-state index in [4.69, 9.17) is 10.8 Å². The molecule has 33 heavy (non-hydrogen) atoms. The van der Waals surface area contributed by atoms with Gasteiger partial charge in [0, 0.05) is 18.3 Å². The van der Waals surface area contributed by atoms with Gasteiger partial charge in [0.2, 0.25) is 17.7 Å². The average Bonchev–Trinajstić information content (AvgIpc) is 3.21. The summed E-state index contributed by atoms with van der Waals surface area (Å²) in [5, 5.41) is 35.7. The molecule has 13 nitrogen and oxygen atoms in total. The number of carboxylic acids is 1. The second-order valence-corrected chi connectivity index (χ2v) is 8.37. The molecule has 6 unspecified atom stereocenters. The van der Waals surface area contributed by atoms with Crippen LogP contribution < -0.4 is 21.7 Å². The van der Waals surface area contributed by atoms with Gasteiger partial charge in [0.25, 0.3) is 0 Å². The highest BCUT2D eigenvalue weighted by atomic mass is 16.4. The first-order valence-electron chi connectivity index (χ1n) is 10.6. The molecule has 1 rings (SSSR count). The molecule has 186 valence electrons. The van der Waals surface area contributed by atoms with Gasteiger partial charge in [-0.15, -0.1) is 0 Å². The van der Waals surface area contributed by atoms with Crippen molar-refractivity contribution < 1.29 is 34.5 Å². The molecule has 0 aliphatic heterocycles. The molecule has 6 atom stereocenters. The summed E-state index contributed by atoms with van der Waals surface area (Å²) >= 11 is 0. The number of nitrogens with zero attached hydrogens (tertiary/aromatic N) is 1. The Labute approximate surface area is 191 Å². The van der Waals surface area contributed by atoms with E-state index in [0.29, 0.717) is 5.69 Å². The van der Waals surface area contributed by atoms with Crippen molar-refractivity contribution in [3.05, 3.63) is 18.2 Å². The Morgan fingerprint density at radius 3 is 2.00 bits per heavy atom. The molecular formula is C20H34N6O7. The van der Waals surface area contributed by atoms with Gasteiger partial charge in [0.05, 0.1) is 24.6 Å². The van der Waals surface area contributed by atoms with Crippen molar-refractivity contribution >= 4 is 23.7 Å². The molecule has 0 aliphatic rings. The highest BCUT2D eigenvalue weighted by Gasteiger charge is 2.34. The second kappa shape index (κ2) is 12.9. The van der Waals surface area contributed by atoms with E-state index in [-0.39, 0.29) is 18.8 Å². The van der Waals surface area contributed by atoms with E-state index >= 15 is 0 Å². The van der Waals surface area contributed by atoms with Crippen LogP contribution in [0.15, 0.2) is 12.5 Å². The molecule has 3 amide bonds. The van der Waals surface area contributed by atoms with Crippen LogP contribution in [0.4, 0.5) is 0 Å². The van der Waals surface area contributed by atoms with Gasteiger partial charge in [0.15, 0.2) is 6.04 Å². The number of aliphatic carboxylic acids is 1. The Morgan fingerprint density at radius 2 is 1.55 bits per heavy atom. The molecule has 0 aliphatic carbocycles. The highest BCUT2D eigenvalue weighted by molar-refractivity contribution is 5.94. The molecule has 0 saturated heterocycles. The van der Waals surface area contributed by atoms with Crippen LogP contribution in [0.3, 0.4) is 0 Å². The van der Waals surface area contributed by atoms with Crippen molar-refractivity contribution in [2.24, 2.45) is 11.7 Å². The number of hydrogen-bond donors (Lipinski definition) is 8. The third kappa shape index (κ3) is 9.16. The van der Waals surface area contributed by atoms with E-state index in [1.807, 2.05) is 13.8 Å². The number of aliphatic hydroxyl groups is 2. The fourth-order valence-electron chi connectivity index (χ4n) is 3.00. The Morgan fingerprint density at radius 1 is 0.970 bits per heavy atom. The highest BCUT2D eigenvalue weighted by Crippen LogP contribution is 2.08. The summed E-state index contributed by atoms with van der Waals surface area (Å²) in [5.41, 5.74) is 6.56. The number of carbonyl (C=O) groups is 4. The average molecular weight is 471 g/mol. The zero-order valence-corrected chi connectivity index (χ0v) is 19.1. The van der Waals surface area contributed by atoms with E-state index < -0.39 is 60.1 Å². The molecule has 1 aromatic rings. The number of carboxylic acid groups (broad SMARTS) is 1. The predicted octanol–water partition coefficient (Wildman–Crippen LogP) is -2.37. The van der Waals surface area contributed by atoms with Gasteiger partial charge >= 0.3 is 5.97 Å². The van der Waals surface area contributed by atoms with Crippen LogP contribution in [-0.2, 0) is 25.6 Å². The molecule has 0 saturated carbocycles. The quantitative estimate of drug-likeness (QED) is 0.154. The van der Waals surface area contributed by atoms with Gasteiger partial charge in [-0.2, -0.15) is 0 Å². The topological polar surface area (TPSA) is 220 Å². The smallest absolute Gasteiger partial charge is 0.328 e. The summed E-state index contributed by atoms with van der Waals surface area (Å²) < 4.78 is 0. The molecule has 0 spiro atoms. The van der Waals surface area contributed by atoms with Gasteiger partial charge in [-0.3, -0.25) is 14.4 Å². The number of H-pyrrole nitrogens is 1. The van der Waals surface area contributed by atoms with Crippen LogP contribution in [0.25, 0.3) is 0 Å². The zero-order valence-electron chi connectivity index (χ0n) is 19.1. The summed E-state index contributed by atoms with van der Waals surface area (Å²) in [4.78, 5) is 55.9. The van der Waals surface area contributed by atoms with E-state index in [2.05, 4.69) is 25.9 Å². The summed E-state index contributed by atoms with van der Waals surface area (Å²) in [6.45, 7) is 6.07. The van der Waals surface area contributed by atoms with Crippen molar-refractivity contribution in [1.29, 1.82) is 0 Å². The number of carbonyl (C=O) groups excluding carboxylic acids is 3. The van der Waals surface area contributed by atoms with Gasteiger partial charge < -0.3 is 42.0 Å². The van der Waals surface area contributed by atoms with Crippen LogP contribution in [0.1, 0.15) is 39.8 Å². The number of nitrogens with one attached hydrogen (secondary N) is 4. The third-order valence-corrected chi connectivity index (χ3v) is 4.78. The maximum absolute atomic E-state index is 12.9. The lowest BCUT2D eigenvalue weighted by Gasteiger charge is -2.27. The van der Waals surface area contributed by atoms with Gasteiger partial charge in [-0.25, -0.2) is 9.78 Å². The van der Waals surface area contributed by atoms with E-state index in [9.17, 15) is 29.4 Å². The van der Waals surface area contributed by atoms with Crippen molar-refractivity contribution in [1.82, 2.24) is 25.9 Å². The minimum Gasteiger partial charge on any atom is -0.480 e. The second-order valence-electron chi connectivity index (χ2n) is 8.37. The van der Waals surface area contributed by atoms with Crippen LogP contribution in [0.2, 0.25) is 0 Å². The molecule has 0 aromatic carbocycles. The number of rotatable bonds is 13. The van der Waals surface area contributed by atoms with Gasteiger partial charge in [-0.1, -0.05) is 13.8 Å². The fraction of sp³-hybridized carbons (Fsp3) is 0.650. The van der Waals surface area contributed by atoms with Crippen LogP contribution >= 0.6 is 0 Å². The lowest BCUT2D eigenvalue weighted by Crippen LogP contribution is -2.61. The molecule has 0 radical (unpaired) electrons. The first-order chi connectivity index (χ1) is 15.3. The summed E-state index contributed by atoms with van der Waals surface area (Å²) in [6.07, 6.45) is 0.540. The molecule has 1 aromatic heterocycles. The lowest BCUT2D eigenvalue weighted by atomic mass is 10.0. The standard InChI is InChI=1S/C20H34N6O7/c1-9(2)5-14(24-17(29)13(21)6-12-7-22-8-23-12)18(30)25-15(10(3)27)19(31)26-16(11(4)28)20(32)33/h7-11,13-16,27-28H,5-6,21H2,1-4H3,(H,22,23)(H,24,29)(H,25,30)(H,26,31)(H,32,33). The third-order valence-electron chi connectivity index (χ3n) is 4.78. The van der Waals surface area contributed by atoms with E-state index in [0.717, 1.165) is 0 Å². The summed E-state index contributed by atoms with van der Waals surface area (Å²) in [6, 6.07) is -5.19. The van der Waals surface area contributed by atoms with Gasteiger partial charge in [0.1, 0.15) is 12.1 Å². The maximum atomic E-state index is 12.9. The van der Waals surface area contributed by atoms with E-state index in [1.165, 1.54) is 26.4 Å². The molecule has 0 fully saturated rings. The normalized spacial score (nSPS) is 16.7. The monoisotopic (exact) mass is 470 g/mol. The van der Waals surface area contributed by atoms with Crippen molar-refractivity contribution in [3.63, 3.8) is 0 Å². The number of nitrogens with two attached hydrogens (primary N) is 1. The van der Waals surface area contributed by atoms with Crippen molar-refractivity contribution in [2.75, 3.05) is 0 Å². The fourth-order valence-corrected chi connectivity index (χ4v) is 3.00. The molecule has 13 heteroatoms. The first-order valence-corrected chi connectivity index (χ1v) is 10.6. The molecular weight excluding hydrogens is 436 g/mol. The van der Waals surface area contributed by atoms with Crippen LogP contribution in [0.5, 0.6) is 0 Å². The number of aromatic amines is 1. The Hall–Kier alpha value is -3.03. The number of hydrogen-bond acceptors (Lipinski definition) is 8. The minimum atomic E-state index is -1.64. The van der Waals surface area contributed by atoms with Crippen molar-refractivity contribution in [2.45, 2.75) is 76.9 Å². The summed E-state index contributed by atoms with van der Waals surface area (Å²) in [5.74, 6) is -3.85. The number of imidazole rings is 1. The number of aromatic nitrogens is 2. The number of aliphatic hydroxyl groups excluding tert-OH is 2. The zero-order chi connectivity index (χ0) is 25.3. The first kappa shape index (κ1) is 28.0. The van der Waals surface area contributed by atoms with Crippen molar-refractivity contribution in [3.8, 4) is 0 Å².